The second-order valence-corrected chi connectivity index (χ2v) is 6.20. The van der Waals surface area contributed by atoms with Gasteiger partial charge in [-0.3, -0.25) is 0 Å². The van der Waals surface area contributed by atoms with Crippen molar-refractivity contribution in [1.82, 2.24) is 0 Å². The predicted molar refractivity (Wildman–Crippen MR) is 64.8 cm³/mol. The van der Waals surface area contributed by atoms with Gasteiger partial charge in [0.2, 0.25) is 0 Å². The topological polar surface area (TPSA) is 35.2 Å². The second-order valence-electron chi connectivity index (χ2n) is 6.20. The van der Waals surface area contributed by atoms with Crippen LogP contribution < -0.4 is 5.73 Å². The van der Waals surface area contributed by atoms with E-state index in [2.05, 4.69) is 27.7 Å². The molecule has 0 bridgehead atoms. The highest BCUT2D eigenvalue weighted by molar-refractivity contribution is 4.78. The predicted octanol–water partition coefficient (Wildman–Crippen LogP) is 2.96. The first kappa shape index (κ1) is 13.0. The Labute approximate surface area is 94.6 Å². The van der Waals surface area contributed by atoms with E-state index < -0.39 is 0 Å². The molecule has 0 aromatic heterocycles. The van der Waals surface area contributed by atoms with Crippen LogP contribution in [-0.4, -0.2) is 18.8 Å². The SMILES string of the molecule is CC1CCCC(OCC(N)C(C)(C)C)C1. The van der Waals surface area contributed by atoms with Crippen molar-refractivity contribution < 1.29 is 4.74 Å². The minimum absolute atomic E-state index is 0.148. The van der Waals surface area contributed by atoms with Gasteiger partial charge in [-0.05, 0) is 24.2 Å². The van der Waals surface area contributed by atoms with E-state index in [1.54, 1.807) is 0 Å². The molecule has 2 N–H and O–H groups in total. The highest BCUT2D eigenvalue weighted by Gasteiger charge is 2.24. The highest BCUT2D eigenvalue weighted by Crippen LogP contribution is 2.26. The van der Waals surface area contributed by atoms with E-state index in [-0.39, 0.29) is 11.5 Å². The smallest absolute Gasteiger partial charge is 0.0626 e. The number of rotatable bonds is 3. The molecule has 3 atom stereocenters. The first-order valence-corrected chi connectivity index (χ1v) is 6.26. The Bertz CT molecular complexity index is 185. The summed E-state index contributed by atoms with van der Waals surface area (Å²) in [4.78, 5) is 0. The van der Waals surface area contributed by atoms with Gasteiger partial charge in [0.15, 0.2) is 0 Å². The van der Waals surface area contributed by atoms with E-state index in [1.165, 1.54) is 25.7 Å². The normalized spacial score (nSPS) is 30.2. The van der Waals surface area contributed by atoms with Crippen LogP contribution in [0.4, 0.5) is 0 Å². The summed E-state index contributed by atoms with van der Waals surface area (Å²) >= 11 is 0. The van der Waals surface area contributed by atoms with Crippen LogP contribution in [0.5, 0.6) is 0 Å². The van der Waals surface area contributed by atoms with Gasteiger partial charge in [-0.1, -0.05) is 40.5 Å². The molecule has 2 heteroatoms. The highest BCUT2D eigenvalue weighted by atomic mass is 16.5. The molecule has 1 fully saturated rings. The maximum absolute atomic E-state index is 6.08. The molecule has 1 aliphatic rings. The summed E-state index contributed by atoms with van der Waals surface area (Å²) < 4.78 is 5.92. The van der Waals surface area contributed by atoms with Gasteiger partial charge in [-0.25, -0.2) is 0 Å². The molecule has 0 aliphatic heterocycles. The molecule has 1 saturated carbocycles. The number of ether oxygens (including phenoxy) is 1. The Morgan fingerprint density at radius 2 is 2.00 bits per heavy atom. The van der Waals surface area contributed by atoms with Gasteiger partial charge < -0.3 is 10.5 Å². The zero-order valence-corrected chi connectivity index (χ0v) is 10.8. The molecule has 90 valence electrons. The van der Waals surface area contributed by atoms with Crippen molar-refractivity contribution in [3.05, 3.63) is 0 Å². The Morgan fingerprint density at radius 1 is 1.33 bits per heavy atom. The van der Waals surface area contributed by atoms with Gasteiger partial charge in [-0.2, -0.15) is 0 Å². The molecule has 1 aliphatic carbocycles. The second kappa shape index (κ2) is 5.31. The fraction of sp³-hybridized carbons (Fsp3) is 1.00. The molecule has 0 aromatic rings. The summed E-state index contributed by atoms with van der Waals surface area (Å²) in [5.74, 6) is 0.828. The average molecular weight is 213 g/mol. The molecule has 0 heterocycles. The van der Waals surface area contributed by atoms with Gasteiger partial charge >= 0.3 is 0 Å². The van der Waals surface area contributed by atoms with Gasteiger partial charge in [0.05, 0.1) is 12.7 Å². The third-order valence-corrected chi connectivity index (χ3v) is 3.51. The monoisotopic (exact) mass is 213 g/mol. The van der Waals surface area contributed by atoms with Crippen LogP contribution in [0.3, 0.4) is 0 Å². The van der Waals surface area contributed by atoms with Crippen LogP contribution in [0.15, 0.2) is 0 Å². The quantitative estimate of drug-likeness (QED) is 0.782. The summed E-state index contributed by atoms with van der Waals surface area (Å²) in [6.07, 6.45) is 5.59. The third kappa shape index (κ3) is 4.52. The van der Waals surface area contributed by atoms with E-state index in [0.717, 1.165) is 5.92 Å². The molecular formula is C13H27NO. The van der Waals surface area contributed by atoms with Crippen LogP contribution in [0, 0.1) is 11.3 Å². The molecule has 0 aromatic carbocycles. The lowest BCUT2D eigenvalue weighted by Crippen LogP contribution is -2.40. The molecule has 1 rings (SSSR count). The maximum atomic E-state index is 6.08. The largest absolute Gasteiger partial charge is 0.377 e. The molecule has 0 saturated heterocycles. The van der Waals surface area contributed by atoms with Crippen molar-refractivity contribution in [2.45, 2.75) is 65.5 Å². The van der Waals surface area contributed by atoms with E-state index in [0.29, 0.717) is 12.7 Å². The van der Waals surface area contributed by atoms with Crippen molar-refractivity contribution in [3.8, 4) is 0 Å². The molecule has 15 heavy (non-hydrogen) atoms. The molecule has 2 nitrogen and oxygen atoms in total. The van der Waals surface area contributed by atoms with Crippen molar-refractivity contribution in [2.24, 2.45) is 17.1 Å². The third-order valence-electron chi connectivity index (χ3n) is 3.51. The van der Waals surface area contributed by atoms with Crippen molar-refractivity contribution in [3.63, 3.8) is 0 Å². The molecular weight excluding hydrogens is 186 g/mol. The zero-order chi connectivity index (χ0) is 11.5. The van der Waals surface area contributed by atoms with E-state index in [4.69, 9.17) is 10.5 Å². The van der Waals surface area contributed by atoms with E-state index in [1.807, 2.05) is 0 Å². The summed E-state index contributed by atoms with van der Waals surface area (Å²) in [6.45, 7) is 9.54. The minimum Gasteiger partial charge on any atom is -0.377 e. The van der Waals surface area contributed by atoms with Crippen molar-refractivity contribution in [1.29, 1.82) is 0 Å². The molecule has 0 amide bonds. The van der Waals surface area contributed by atoms with E-state index >= 15 is 0 Å². The number of hydrogen-bond acceptors (Lipinski definition) is 2. The first-order chi connectivity index (χ1) is 6.89. The van der Waals surface area contributed by atoms with E-state index in [9.17, 15) is 0 Å². The van der Waals surface area contributed by atoms with Crippen LogP contribution in [0.25, 0.3) is 0 Å². The number of nitrogens with two attached hydrogens (primary N) is 1. The minimum atomic E-state index is 0.148. The first-order valence-electron chi connectivity index (χ1n) is 6.26. The van der Waals surface area contributed by atoms with Crippen LogP contribution in [-0.2, 0) is 4.74 Å². The average Bonchev–Trinajstić information content (AvgIpc) is 2.12. The lowest BCUT2D eigenvalue weighted by Gasteiger charge is -2.31. The molecule has 0 spiro atoms. The molecule has 3 unspecified atom stereocenters. The Hall–Kier alpha value is -0.0800. The Kier molecular flexibility index (Phi) is 4.60. The standard InChI is InChI=1S/C13H27NO/c1-10-6-5-7-11(8-10)15-9-12(14)13(2,3)4/h10-12H,5-9,14H2,1-4H3. The van der Waals surface area contributed by atoms with Gasteiger partial charge in [0.1, 0.15) is 0 Å². The van der Waals surface area contributed by atoms with Gasteiger partial charge in [0, 0.05) is 6.04 Å². The fourth-order valence-corrected chi connectivity index (χ4v) is 2.02. The Balaban J connectivity index is 2.24. The summed E-state index contributed by atoms with van der Waals surface area (Å²) in [5.41, 5.74) is 6.23. The zero-order valence-electron chi connectivity index (χ0n) is 10.8. The summed E-state index contributed by atoms with van der Waals surface area (Å²) in [6, 6.07) is 0.148. The number of hydrogen-bond donors (Lipinski definition) is 1. The Morgan fingerprint density at radius 3 is 2.53 bits per heavy atom. The lowest BCUT2D eigenvalue weighted by atomic mass is 9.87. The maximum Gasteiger partial charge on any atom is 0.0626 e. The summed E-state index contributed by atoms with van der Waals surface area (Å²) in [7, 11) is 0. The summed E-state index contributed by atoms with van der Waals surface area (Å²) in [5, 5.41) is 0. The van der Waals surface area contributed by atoms with Crippen molar-refractivity contribution in [2.75, 3.05) is 6.61 Å². The van der Waals surface area contributed by atoms with Crippen molar-refractivity contribution >= 4 is 0 Å². The van der Waals surface area contributed by atoms with Crippen LogP contribution in [0.1, 0.15) is 53.4 Å². The van der Waals surface area contributed by atoms with Crippen LogP contribution >= 0.6 is 0 Å². The van der Waals surface area contributed by atoms with Gasteiger partial charge in [0.25, 0.3) is 0 Å². The lowest BCUT2D eigenvalue weighted by molar-refractivity contribution is -0.00423. The fourth-order valence-electron chi connectivity index (χ4n) is 2.02. The molecule has 0 radical (unpaired) electrons. The van der Waals surface area contributed by atoms with Crippen LogP contribution in [0.2, 0.25) is 0 Å². The van der Waals surface area contributed by atoms with Gasteiger partial charge in [-0.15, -0.1) is 0 Å².